The minimum absolute atomic E-state index is 0.0989. The molecule has 0 aliphatic rings. The third-order valence-corrected chi connectivity index (χ3v) is 2.07. The average Bonchev–Trinajstić information content (AvgIpc) is 2.35. The molecule has 0 saturated carbocycles. The molecule has 17 heavy (non-hydrogen) atoms. The number of nitrogens with two attached hydrogens (primary N) is 1. The van der Waals surface area contributed by atoms with E-state index in [9.17, 15) is 13.6 Å². The largest absolute Gasteiger partial charge is 0.464 e. The lowest BCUT2D eigenvalue weighted by molar-refractivity contribution is 0.0591. The van der Waals surface area contributed by atoms with Crippen LogP contribution in [0.25, 0.3) is 0 Å². The van der Waals surface area contributed by atoms with Crippen LogP contribution >= 0.6 is 0 Å². The van der Waals surface area contributed by atoms with Crippen molar-refractivity contribution in [1.29, 1.82) is 5.26 Å². The van der Waals surface area contributed by atoms with E-state index in [0.717, 1.165) is 13.2 Å². The van der Waals surface area contributed by atoms with Crippen LogP contribution in [0, 0.1) is 11.3 Å². The van der Waals surface area contributed by atoms with Gasteiger partial charge in [-0.15, -0.1) is 0 Å². The van der Waals surface area contributed by atoms with Gasteiger partial charge in [-0.05, 0) is 6.07 Å². The number of nitriles is 1. The number of rotatable bonds is 3. The molecule has 0 radical (unpaired) electrons. The molecule has 0 unspecified atom stereocenters. The Morgan fingerprint density at radius 3 is 2.76 bits per heavy atom. The van der Waals surface area contributed by atoms with Crippen molar-refractivity contribution in [2.75, 3.05) is 7.11 Å². The number of halogens is 2. The van der Waals surface area contributed by atoms with Crippen molar-refractivity contribution in [2.24, 2.45) is 5.73 Å². The Labute approximate surface area is 95.8 Å². The van der Waals surface area contributed by atoms with Gasteiger partial charge in [-0.2, -0.15) is 5.26 Å². The summed E-state index contributed by atoms with van der Waals surface area (Å²) in [6.07, 6.45) is -2.88. The van der Waals surface area contributed by atoms with E-state index in [4.69, 9.17) is 11.0 Å². The number of aromatic nitrogens is 1. The van der Waals surface area contributed by atoms with E-state index in [1.807, 2.05) is 0 Å². The topological polar surface area (TPSA) is 89.0 Å². The zero-order valence-corrected chi connectivity index (χ0v) is 8.91. The molecule has 0 atom stereocenters. The monoisotopic (exact) mass is 241 g/mol. The van der Waals surface area contributed by atoms with Crippen LogP contribution in [-0.2, 0) is 11.3 Å². The maximum Gasteiger partial charge on any atom is 0.357 e. The molecule has 2 N–H and O–H groups in total. The van der Waals surface area contributed by atoms with Gasteiger partial charge in [0.05, 0.1) is 18.7 Å². The lowest BCUT2D eigenvalue weighted by Gasteiger charge is -2.09. The summed E-state index contributed by atoms with van der Waals surface area (Å²) in [5, 5.41) is 8.80. The summed E-state index contributed by atoms with van der Waals surface area (Å²) < 4.78 is 29.4. The number of methoxy groups -OCH3 is 1. The highest BCUT2D eigenvalue weighted by atomic mass is 19.3. The smallest absolute Gasteiger partial charge is 0.357 e. The van der Waals surface area contributed by atoms with Crippen molar-refractivity contribution in [3.05, 3.63) is 28.6 Å². The van der Waals surface area contributed by atoms with E-state index in [1.54, 1.807) is 6.07 Å². The fraction of sp³-hybridized carbons (Fsp3) is 0.300. The Morgan fingerprint density at radius 2 is 2.35 bits per heavy atom. The minimum Gasteiger partial charge on any atom is -0.464 e. The highest BCUT2D eigenvalue weighted by molar-refractivity contribution is 5.89. The number of carbonyl (C=O) groups excluding carboxylic acids is 1. The van der Waals surface area contributed by atoms with Gasteiger partial charge in [0.15, 0.2) is 5.69 Å². The first-order valence-electron chi connectivity index (χ1n) is 4.55. The van der Waals surface area contributed by atoms with Crippen LogP contribution in [0.3, 0.4) is 0 Å². The fourth-order valence-corrected chi connectivity index (χ4v) is 1.28. The number of nitrogens with zero attached hydrogens (tertiary/aromatic N) is 2. The van der Waals surface area contributed by atoms with Gasteiger partial charge in [-0.3, -0.25) is 0 Å². The Hall–Kier alpha value is -2.07. The molecule has 0 aromatic carbocycles. The lowest BCUT2D eigenvalue weighted by atomic mass is 10.1. The van der Waals surface area contributed by atoms with Crippen LogP contribution in [0.2, 0.25) is 0 Å². The zero-order chi connectivity index (χ0) is 13.0. The molecule has 90 valence electrons. The van der Waals surface area contributed by atoms with Crippen LogP contribution in [-0.4, -0.2) is 18.1 Å². The lowest BCUT2D eigenvalue weighted by Crippen LogP contribution is -2.15. The third-order valence-electron chi connectivity index (χ3n) is 2.07. The van der Waals surface area contributed by atoms with Crippen LogP contribution in [0.5, 0.6) is 0 Å². The molecule has 0 aliphatic heterocycles. The number of hydrogen-bond acceptors (Lipinski definition) is 5. The molecule has 0 aliphatic carbocycles. The molecule has 7 heteroatoms. The fourth-order valence-electron chi connectivity index (χ4n) is 1.28. The Kier molecular flexibility index (Phi) is 4.06. The number of ether oxygens (including phenoxy) is 1. The maximum absolute atomic E-state index is 12.5. The van der Waals surface area contributed by atoms with Gasteiger partial charge in [-0.1, -0.05) is 0 Å². The first kappa shape index (κ1) is 13.0. The molecule has 1 rings (SSSR count). The van der Waals surface area contributed by atoms with Gasteiger partial charge in [0.2, 0.25) is 0 Å². The molecular weight excluding hydrogens is 232 g/mol. The SMILES string of the molecule is COC(=O)c1nc(C(F)F)cc(C#N)c1CN. The van der Waals surface area contributed by atoms with Crippen molar-refractivity contribution < 1.29 is 18.3 Å². The van der Waals surface area contributed by atoms with Crippen LogP contribution in [0.15, 0.2) is 6.07 Å². The summed E-state index contributed by atoms with van der Waals surface area (Å²) in [6, 6.07) is 2.62. The van der Waals surface area contributed by atoms with E-state index < -0.39 is 18.1 Å². The van der Waals surface area contributed by atoms with Gasteiger partial charge < -0.3 is 10.5 Å². The zero-order valence-electron chi connectivity index (χ0n) is 8.91. The minimum atomic E-state index is -2.88. The van der Waals surface area contributed by atoms with Crippen LogP contribution in [0.1, 0.15) is 33.7 Å². The molecule has 1 aromatic heterocycles. The summed E-state index contributed by atoms with van der Waals surface area (Å²) in [7, 11) is 1.09. The summed E-state index contributed by atoms with van der Waals surface area (Å²) in [4.78, 5) is 14.8. The number of alkyl halides is 2. The van der Waals surface area contributed by atoms with Gasteiger partial charge in [-0.25, -0.2) is 18.6 Å². The highest BCUT2D eigenvalue weighted by Crippen LogP contribution is 2.22. The Bertz CT molecular complexity index is 483. The molecule has 0 amide bonds. The Balaban J connectivity index is 3.49. The first-order chi connectivity index (χ1) is 8.04. The molecule has 1 aromatic rings. The maximum atomic E-state index is 12.5. The summed E-state index contributed by atoms with van der Waals surface area (Å²) in [6.45, 7) is -0.163. The molecule has 0 fully saturated rings. The van der Waals surface area contributed by atoms with Gasteiger partial charge in [0, 0.05) is 12.1 Å². The quantitative estimate of drug-likeness (QED) is 0.801. The van der Waals surface area contributed by atoms with Gasteiger partial charge in [0.25, 0.3) is 6.43 Å². The third kappa shape index (κ3) is 2.54. The van der Waals surface area contributed by atoms with Crippen molar-refractivity contribution in [2.45, 2.75) is 13.0 Å². The van der Waals surface area contributed by atoms with Crippen LogP contribution in [0.4, 0.5) is 8.78 Å². The second-order valence-corrected chi connectivity index (χ2v) is 3.03. The molecule has 1 heterocycles. The molecule has 0 spiro atoms. The van der Waals surface area contributed by atoms with E-state index in [1.165, 1.54) is 0 Å². The van der Waals surface area contributed by atoms with Gasteiger partial charge >= 0.3 is 5.97 Å². The van der Waals surface area contributed by atoms with Gasteiger partial charge in [0.1, 0.15) is 5.69 Å². The van der Waals surface area contributed by atoms with Crippen molar-refractivity contribution in [3.63, 3.8) is 0 Å². The van der Waals surface area contributed by atoms with Crippen molar-refractivity contribution >= 4 is 5.97 Å². The normalized spacial score (nSPS) is 10.1. The summed E-state index contributed by atoms with van der Waals surface area (Å²) in [5.74, 6) is -0.899. The molecular formula is C10H9F2N3O2. The van der Waals surface area contributed by atoms with E-state index in [-0.39, 0.29) is 23.4 Å². The standard InChI is InChI=1S/C10H9F2N3O2/c1-17-10(16)8-6(4-14)5(3-13)2-7(15-8)9(11)12/h2,9H,4,14H2,1H3. The second-order valence-electron chi connectivity index (χ2n) is 3.03. The Morgan fingerprint density at radius 1 is 1.71 bits per heavy atom. The van der Waals surface area contributed by atoms with Crippen molar-refractivity contribution in [1.82, 2.24) is 4.98 Å². The van der Waals surface area contributed by atoms with Crippen LogP contribution < -0.4 is 5.73 Å². The predicted octanol–water partition coefficient (Wildman–Crippen LogP) is 1.14. The highest BCUT2D eigenvalue weighted by Gasteiger charge is 2.21. The van der Waals surface area contributed by atoms with E-state index in [0.29, 0.717) is 0 Å². The summed E-state index contributed by atoms with van der Waals surface area (Å²) >= 11 is 0. The number of hydrogen-bond donors (Lipinski definition) is 1. The van der Waals surface area contributed by atoms with E-state index in [2.05, 4.69) is 9.72 Å². The number of pyridine rings is 1. The average molecular weight is 241 g/mol. The summed E-state index contributed by atoms with van der Waals surface area (Å²) in [5.41, 5.74) is 4.36. The number of esters is 1. The first-order valence-corrected chi connectivity index (χ1v) is 4.55. The number of carbonyl (C=O) groups is 1. The van der Waals surface area contributed by atoms with E-state index >= 15 is 0 Å². The second kappa shape index (κ2) is 5.32. The predicted molar refractivity (Wildman–Crippen MR) is 53.1 cm³/mol. The molecule has 0 saturated heterocycles. The van der Waals surface area contributed by atoms with Crippen molar-refractivity contribution in [3.8, 4) is 6.07 Å². The molecule has 0 bridgehead atoms. The molecule has 5 nitrogen and oxygen atoms in total.